The average Bonchev–Trinajstić information content (AvgIpc) is 2.70. The fourth-order valence-electron chi connectivity index (χ4n) is 3.79. The number of H-pyrrole nitrogens is 2. The van der Waals surface area contributed by atoms with Crippen LogP contribution in [0.1, 0.15) is 18.0 Å². The highest BCUT2D eigenvalue weighted by Gasteiger charge is 2.26. The van der Waals surface area contributed by atoms with Gasteiger partial charge < -0.3 is 9.72 Å². The summed E-state index contributed by atoms with van der Waals surface area (Å²) in [5, 5.41) is 3.19. The molecule has 28 heavy (non-hydrogen) atoms. The van der Waals surface area contributed by atoms with E-state index in [2.05, 4.69) is 10.1 Å². The molecule has 0 spiro atoms. The standard InChI is InChI=1S/C20H14ClN3O4/c21-10-5-6-11-13(9-10)22-17-16(18(11)25)20(27)24(23-19(17)26)14-7-8-28-15-4-2-1-3-12(14)15/h1-6,9,14H,7-8H2,(H,22,25)(H,23,26). The van der Waals surface area contributed by atoms with E-state index in [0.717, 1.165) is 5.56 Å². The van der Waals surface area contributed by atoms with Crippen LogP contribution in [0.3, 0.4) is 0 Å². The highest BCUT2D eigenvalue weighted by Crippen LogP contribution is 2.33. The van der Waals surface area contributed by atoms with E-state index in [1.807, 2.05) is 24.3 Å². The fraction of sp³-hybridized carbons (Fsp3) is 0.150. The van der Waals surface area contributed by atoms with Crippen LogP contribution < -0.4 is 21.3 Å². The first-order chi connectivity index (χ1) is 13.5. The van der Waals surface area contributed by atoms with Gasteiger partial charge >= 0.3 is 0 Å². The first-order valence-electron chi connectivity index (χ1n) is 8.76. The van der Waals surface area contributed by atoms with E-state index in [1.54, 1.807) is 18.2 Å². The Labute approximate surface area is 162 Å². The summed E-state index contributed by atoms with van der Waals surface area (Å²) in [7, 11) is 0. The zero-order valence-electron chi connectivity index (χ0n) is 14.5. The number of nitrogens with zero attached hydrogens (tertiary/aromatic N) is 1. The Hall–Kier alpha value is -3.32. The van der Waals surface area contributed by atoms with Crippen LogP contribution in [0.4, 0.5) is 0 Å². The monoisotopic (exact) mass is 395 g/mol. The number of fused-ring (bicyclic) bond motifs is 3. The van der Waals surface area contributed by atoms with Gasteiger partial charge in [-0.25, -0.2) is 4.68 Å². The number of aromatic amines is 2. The molecule has 0 radical (unpaired) electrons. The third kappa shape index (κ3) is 2.40. The first kappa shape index (κ1) is 16.8. The van der Waals surface area contributed by atoms with E-state index < -0.39 is 22.6 Å². The lowest BCUT2D eigenvalue weighted by Crippen LogP contribution is -2.38. The number of halogens is 1. The number of pyridine rings is 1. The summed E-state index contributed by atoms with van der Waals surface area (Å²) in [5.41, 5.74) is -0.446. The van der Waals surface area contributed by atoms with Crippen molar-refractivity contribution in [3.8, 4) is 5.75 Å². The maximum absolute atomic E-state index is 13.2. The molecule has 0 fully saturated rings. The summed E-state index contributed by atoms with van der Waals surface area (Å²) in [4.78, 5) is 41.8. The second-order valence-electron chi connectivity index (χ2n) is 6.70. The molecule has 7 nitrogen and oxygen atoms in total. The fourth-order valence-corrected chi connectivity index (χ4v) is 3.96. The number of hydrogen-bond donors (Lipinski definition) is 2. The number of benzene rings is 2. The van der Waals surface area contributed by atoms with Gasteiger partial charge in [-0.3, -0.25) is 19.5 Å². The van der Waals surface area contributed by atoms with Gasteiger partial charge in [-0.05, 0) is 24.3 Å². The minimum Gasteiger partial charge on any atom is -0.493 e. The van der Waals surface area contributed by atoms with Gasteiger partial charge in [0.05, 0.1) is 18.2 Å². The lowest BCUT2D eigenvalue weighted by atomic mass is 10.0. The van der Waals surface area contributed by atoms with Crippen molar-refractivity contribution >= 4 is 33.4 Å². The smallest absolute Gasteiger partial charge is 0.287 e. The Balaban J connectivity index is 1.85. The number of hydrogen-bond acceptors (Lipinski definition) is 4. The molecule has 0 bridgehead atoms. The molecule has 0 saturated carbocycles. The van der Waals surface area contributed by atoms with E-state index >= 15 is 0 Å². The summed E-state index contributed by atoms with van der Waals surface area (Å²) < 4.78 is 6.88. The molecular weight excluding hydrogens is 382 g/mol. The van der Waals surface area contributed by atoms with Crippen LogP contribution in [-0.4, -0.2) is 21.4 Å². The quantitative estimate of drug-likeness (QED) is 0.484. The van der Waals surface area contributed by atoms with E-state index in [1.165, 1.54) is 4.68 Å². The van der Waals surface area contributed by atoms with Crippen molar-refractivity contribution in [2.75, 3.05) is 6.61 Å². The molecule has 1 unspecified atom stereocenters. The molecule has 1 atom stereocenters. The summed E-state index contributed by atoms with van der Waals surface area (Å²) in [6.45, 7) is 0.404. The Kier molecular flexibility index (Phi) is 3.67. The lowest BCUT2D eigenvalue weighted by Gasteiger charge is -2.27. The normalized spacial score (nSPS) is 16.1. The molecule has 0 amide bonds. The molecule has 140 valence electrons. The third-order valence-electron chi connectivity index (χ3n) is 5.08. The van der Waals surface area contributed by atoms with Gasteiger partial charge in [-0.15, -0.1) is 0 Å². The zero-order chi connectivity index (χ0) is 19.4. The van der Waals surface area contributed by atoms with Gasteiger partial charge in [0, 0.05) is 22.4 Å². The van der Waals surface area contributed by atoms with Crippen molar-refractivity contribution < 1.29 is 4.74 Å². The van der Waals surface area contributed by atoms with Crippen molar-refractivity contribution in [3.05, 3.63) is 84.0 Å². The number of nitrogens with one attached hydrogen (secondary N) is 2. The first-order valence-corrected chi connectivity index (χ1v) is 9.14. The lowest BCUT2D eigenvalue weighted by molar-refractivity contribution is 0.247. The van der Waals surface area contributed by atoms with E-state index in [4.69, 9.17) is 16.3 Å². The van der Waals surface area contributed by atoms with Crippen molar-refractivity contribution in [2.24, 2.45) is 0 Å². The highest BCUT2D eigenvalue weighted by molar-refractivity contribution is 6.31. The third-order valence-corrected chi connectivity index (χ3v) is 5.32. The second kappa shape index (κ2) is 6.10. The number of ether oxygens (including phenoxy) is 1. The van der Waals surface area contributed by atoms with Crippen molar-refractivity contribution in [1.29, 1.82) is 0 Å². The summed E-state index contributed by atoms with van der Waals surface area (Å²) in [6.07, 6.45) is 0.499. The van der Waals surface area contributed by atoms with Crippen LogP contribution in [-0.2, 0) is 0 Å². The topological polar surface area (TPSA) is 96.9 Å². The molecule has 8 heteroatoms. The molecule has 5 rings (SSSR count). The van der Waals surface area contributed by atoms with Crippen molar-refractivity contribution in [1.82, 2.24) is 14.8 Å². The Bertz CT molecular complexity index is 1430. The predicted molar refractivity (Wildman–Crippen MR) is 107 cm³/mol. The maximum atomic E-state index is 13.2. The number of para-hydroxylation sites is 1. The highest BCUT2D eigenvalue weighted by atomic mass is 35.5. The van der Waals surface area contributed by atoms with Gasteiger partial charge in [0.15, 0.2) is 0 Å². The van der Waals surface area contributed by atoms with Crippen LogP contribution in [0.2, 0.25) is 5.02 Å². The molecular formula is C20H14ClN3O4. The Morgan fingerprint density at radius 1 is 1.11 bits per heavy atom. The van der Waals surface area contributed by atoms with Crippen molar-refractivity contribution in [3.63, 3.8) is 0 Å². The summed E-state index contributed by atoms with van der Waals surface area (Å²) in [6, 6.07) is 11.6. The largest absolute Gasteiger partial charge is 0.493 e. The van der Waals surface area contributed by atoms with Crippen molar-refractivity contribution in [2.45, 2.75) is 12.5 Å². The van der Waals surface area contributed by atoms with E-state index in [9.17, 15) is 14.4 Å². The number of rotatable bonds is 1. The van der Waals surface area contributed by atoms with Gasteiger partial charge in [0.2, 0.25) is 5.43 Å². The molecule has 1 aliphatic rings. The minimum absolute atomic E-state index is 0.0543. The Morgan fingerprint density at radius 2 is 1.93 bits per heavy atom. The van der Waals surface area contributed by atoms with E-state index in [-0.39, 0.29) is 10.9 Å². The molecule has 1 aliphatic heterocycles. The summed E-state index contributed by atoms with van der Waals surface area (Å²) >= 11 is 5.98. The molecule has 0 aliphatic carbocycles. The van der Waals surface area contributed by atoms with Gasteiger partial charge in [0.1, 0.15) is 16.7 Å². The minimum atomic E-state index is -0.547. The SMILES string of the molecule is O=c1[nH]n(C2CCOc3ccccc32)c(=O)c2c(=O)c3ccc(Cl)cc3[nH]c12. The molecule has 4 aromatic rings. The molecule has 2 N–H and O–H groups in total. The molecule has 0 saturated heterocycles. The van der Waals surface area contributed by atoms with Gasteiger partial charge in [-0.1, -0.05) is 29.8 Å². The predicted octanol–water partition coefficient (Wildman–Crippen LogP) is 2.56. The van der Waals surface area contributed by atoms with Crippen LogP contribution >= 0.6 is 11.6 Å². The molecule has 3 heterocycles. The van der Waals surface area contributed by atoms with E-state index in [0.29, 0.717) is 34.7 Å². The van der Waals surface area contributed by atoms with Gasteiger partial charge in [-0.2, -0.15) is 0 Å². The maximum Gasteiger partial charge on any atom is 0.287 e. The number of aromatic nitrogens is 3. The van der Waals surface area contributed by atoms with Crippen LogP contribution in [0.25, 0.3) is 21.8 Å². The van der Waals surface area contributed by atoms with Crippen LogP contribution in [0.15, 0.2) is 56.8 Å². The van der Waals surface area contributed by atoms with Crippen LogP contribution in [0, 0.1) is 0 Å². The molecule has 2 aromatic carbocycles. The second-order valence-corrected chi connectivity index (χ2v) is 7.14. The average molecular weight is 396 g/mol. The van der Waals surface area contributed by atoms with Crippen LogP contribution in [0.5, 0.6) is 5.75 Å². The van der Waals surface area contributed by atoms with Gasteiger partial charge in [0.25, 0.3) is 11.1 Å². The zero-order valence-corrected chi connectivity index (χ0v) is 15.2. The molecule has 2 aromatic heterocycles. The Morgan fingerprint density at radius 3 is 2.79 bits per heavy atom. The summed E-state index contributed by atoms with van der Waals surface area (Å²) in [5.74, 6) is 0.661.